The molecule has 4 nitrogen and oxygen atoms in total. The van der Waals surface area contributed by atoms with E-state index in [4.69, 9.17) is 0 Å². The third kappa shape index (κ3) is 3.72. The highest BCUT2D eigenvalue weighted by Gasteiger charge is 2.18. The van der Waals surface area contributed by atoms with Gasteiger partial charge in [-0.3, -0.25) is 4.90 Å². The van der Waals surface area contributed by atoms with Crippen molar-refractivity contribution in [1.82, 2.24) is 4.90 Å². The fourth-order valence-corrected chi connectivity index (χ4v) is 2.67. The molecule has 0 aliphatic carbocycles. The minimum absolute atomic E-state index is 0.229. The molecule has 4 heteroatoms. The first kappa shape index (κ1) is 14.8. The zero-order valence-electron chi connectivity index (χ0n) is 12.1. The van der Waals surface area contributed by atoms with Crippen molar-refractivity contribution in [3.63, 3.8) is 0 Å². The Labute approximate surface area is 121 Å². The summed E-state index contributed by atoms with van der Waals surface area (Å²) in [6.07, 6.45) is 1.64. The van der Waals surface area contributed by atoms with Crippen LogP contribution in [0.5, 0.6) is 0 Å². The topological polar surface area (TPSA) is 50.5 Å². The molecule has 0 bridgehead atoms. The van der Waals surface area contributed by atoms with Gasteiger partial charge < -0.3 is 10.0 Å². The SMILES string of the molecule is CC[C@@H](O)CN1CCCN(c2ccccc2C#N)CC1. The van der Waals surface area contributed by atoms with Crippen molar-refractivity contribution in [2.75, 3.05) is 37.6 Å². The first-order chi connectivity index (χ1) is 9.74. The van der Waals surface area contributed by atoms with Crippen LogP contribution in [-0.4, -0.2) is 48.8 Å². The molecule has 1 aromatic carbocycles. The molecule has 2 rings (SSSR count). The van der Waals surface area contributed by atoms with Gasteiger partial charge in [0, 0.05) is 26.2 Å². The minimum atomic E-state index is -0.229. The quantitative estimate of drug-likeness (QED) is 0.909. The number of anilines is 1. The van der Waals surface area contributed by atoms with Crippen LogP contribution in [0, 0.1) is 11.3 Å². The van der Waals surface area contributed by atoms with Crippen LogP contribution in [0.3, 0.4) is 0 Å². The Morgan fingerprint density at radius 3 is 2.80 bits per heavy atom. The molecule has 0 aromatic heterocycles. The number of hydrogen-bond acceptors (Lipinski definition) is 4. The third-order valence-electron chi connectivity index (χ3n) is 3.89. The standard InChI is InChI=1S/C16H23N3O/c1-2-15(20)13-18-8-5-9-19(11-10-18)16-7-4-3-6-14(16)12-17/h3-4,6-7,15,20H,2,5,8-11,13H2,1H3/t15-/m1/s1. The Morgan fingerprint density at radius 2 is 2.05 bits per heavy atom. The highest BCUT2D eigenvalue weighted by Crippen LogP contribution is 2.21. The Bertz CT molecular complexity index is 469. The van der Waals surface area contributed by atoms with E-state index in [9.17, 15) is 10.4 Å². The summed E-state index contributed by atoms with van der Waals surface area (Å²) in [5.41, 5.74) is 1.78. The molecule has 1 fully saturated rings. The zero-order chi connectivity index (χ0) is 14.4. The number of aliphatic hydroxyl groups excluding tert-OH is 1. The number of rotatable bonds is 4. The smallest absolute Gasteiger partial charge is 0.101 e. The summed E-state index contributed by atoms with van der Waals surface area (Å²) in [7, 11) is 0. The fraction of sp³-hybridized carbons (Fsp3) is 0.562. The van der Waals surface area contributed by atoms with Crippen LogP contribution < -0.4 is 4.90 Å². The molecule has 1 N–H and O–H groups in total. The number of benzene rings is 1. The van der Waals surface area contributed by atoms with E-state index in [0.717, 1.165) is 56.8 Å². The number of nitrogens with zero attached hydrogens (tertiary/aromatic N) is 3. The number of aliphatic hydroxyl groups is 1. The largest absolute Gasteiger partial charge is 0.392 e. The Hall–Kier alpha value is -1.57. The van der Waals surface area contributed by atoms with Gasteiger partial charge in [0.2, 0.25) is 0 Å². The molecule has 0 saturated carbocycles. The summed E-state index contributed by atoms with van der Waals surface area (Å²) >= 11 is 0. The maximum atomic E-state index is 9.77. The first-order valence-electron chi connectivity index (χ1n) is 7.39. The number of para-hydroxylation sites is 1. The maximum absolute atomic E-state index is 9.77. The van der Waals surface area contributed by atoms with E-state index >= 15 is 0 Å². The molecule has 1 saturated heterocycles. The molecule has 0 spiro atoms. The molecule has 1 aromatic rings. The molecule has 0 unspecified atom stereocenters. The summed E-state index contributed by atoms with van der Waals surface area (Å²) in [5, 5.41) is 19.0. The van der Waals surface area contributed by atoms with E-state index in [2.05, 4.69) is 15.9 Å². The van der Waals surface area contributed by atoms with E-state index < -0.39 is 0 Å². The molecule has 20 heavy (non-hydrogen) atoms. The van der Waals surface area contributed by atoms with Gasteiger partial charge in [0.25, 0.3) is 0 Å². The molecule has 1 heterocycles. The lowest BCUT2D eigenvalue weighted by molar-refractivity contribution is 0.113. The molecule has 1 atom stereocenters. The van der Waals surface area contributed by atoms with E-state index in [1.54, 1.807) is 0 Å². The van der Waals surface area contributed by atoms with Gasteiger partial charge in [0.15, 0.2) is 0 Å². The van der Waals surface area contributed by atoms with Crippen molar-refractivity contribution >= 4 is 5.69 Å². The van der Waals surface area contributed by atoms with Gasteiger partial charge in [-0.05, 0) is 31.5 Å². The fourth-order valence-electron chi connectivity index (χ4n) is 2.67. The lowest BCUT2D eigenvalue weighted by atomic mass is 10.1. The van der Waals surface area contributed by atoms with Gasteiger partial charge in [-0.1, -0.05) is 19.1 Å². The number of nitriles is 1. The average molecular weight is 273 g/mol. The summed E-state index contributed by atoms with van der Waals surface area (Å²) in [5.74, 6) is 0. The highest BCUT2D eigenvalue weighted by molar-refractivity contribution is 5.59. The first-order valence-corrected chi connectivity index (χ1v) is 7.39. The number of β-amino-alcohol motifs (C(OH)–C–C–N with tert-alkyl or cyclic N) is 1. The molecule has 0 radical (unpaired) electrons. The lowest BCUT2D eigenvalue weighted by Crippen LogP contribution is -2.35. The van der Waals surface area contributed by atoms with Crippen LogP contribution in [-0.2, 0) is 0 Å². The van der Waals surface area contributed by atoms with Crippen LogP contribution in [0.1, 0.15) is 25.3 Å². The normalized spacial score (nSPS) is 18.4. The molecular weight excluding hydrogens is 250 g/mol. The second kappa shape index (κ2) is 7.28. The van der Waals surface area contributed by atoms with Crippen molar-refractivity contribution < 1.29 is 5.11 Å². The van der Waals surface area contributed by atoms with Crippen LogP contribution in [0.2, 0.25) is 0 Å². The summed E-state index contributed by atoms with van der Waals surface area (Å²) < 4.78 is 0. The Balaban J connectivity index is 2.01. The van der Waals surface area contributed by atoms with Crippen molar-refractivity contribution in [1.29, 1.82) is 5.26 Å². The van der Waals surface area contributed by atoms with Crippen molar-refractivity contribution in [2.24, 2.45) is 0 Å². The van der Waals surface area contributed by atoms with Gasteiger partial charge in [0.1, 0.15) is 6.07 Å². The highest BCUT2D eigenvalue weighted by atomic mass is 16.3. The molecule has 0 amide bonds. The second-order valence-electron chi connectivity index (χ2n) is 5.33. The molecule has 108 valence electrons. The lowest BCUT2D eigenvalue weighted by Gasteiger charge is -2.25. The van der Waals surface area contributed by atoms with Gasteiger partial charge in [-0.2, -0.15) is 5.26 Å². The van der Waals surface area contributed by atoms with Crippen LogP contribution in [0.4, 0.5) is 5.69 Å². The zero-order valence-corrected chi connectivity index (χ0v) is 12.1. The molecular formula is C16H23N3O. The Kier molecular flexibility index (Phi) is 5.40. The van der Waals surface area contributed by atoms with Crippen molar-refractivity contribution in [3.05, 3.63) is 29.8 Å². The maximum Gasteiger partial charge on any atom is 0.101 e. The van der Waals surface area contributed by atoms with Gasteiger partial charge in [-0.25, -0.2) is 0 Å². The van der Waals surface area contributed by atoms with Crippen molar-refractivity contribution in [3.8, 4) is 6.07 Å². The van der Waals surface area contributed by atoms with E-state index in [-0.39, 0.29) is 6.10 Å². The predicted molar refractivity (Wildman–Crippen MR) is 80.7 cm³/mol. The van der Waals surface area contributed by atoms with E-state index in [1.165, 1.54) is 0 Å². The van der Waals surface area contributed by atoms with Crippen molar-refractivity contribution in [2.45, 2.75) is 25.9 Å². The Morgan fingerprint density at radius 1 is 1.25 bits per heavy atom. The van der Waals surface area contributed by atoms with E-state index in [1.807, 2.05) is 31.2 Å². The molecule has 1 aliphatic heterocycles. The summed E-state index contributed by atoms with van der Waals surface area (Å²) in [6, 6.07) is 10.1. The summed E-state index contributed by atoms with van der Waals surface area (Å²) in [4.78, 5) is 4.61. The predicted octanol–water partition coefficient (Wildman–Crippen LogP) is 1.84. The van der Waals surface area contributed by atoms with Gasteiger partial charge >= 0.3 is 0 Å². The van der Waals surface area contributed by atoms with E-state index in [0.29, 0.717) is 0 Å². The monoisotopic (exact) mass is 273 g/mol. The van der Waals surface area contributed by atoms with Gasteiger partial charge in [-0.15, -0.1) is 0 Å². The average Bonchev–Trinajstić information content (AvgIpc) is 2.72. The number of hydrogen-bond donors (Lipinski definition) is 1. The van der Waals surface area contributed by atoms with Gasteiger partial charge in [0.05, 0.1) is 17.4 Å². The second-order valence-corrected chi connectivity index (χ2v) is 5.33. The van der Waals surface area contributed by atoms with Crippen LogP contribution in [0.25, 0.3) is 0 Å². The summed E-state index contributed by atoms with van der Waals surface area (Å²) in [6.45, 7) is 6.60. The van der Waals surface area contributed by atoms with Crippen LogP contribution in [0.15, 0.2) is 24.3 Å². The van der Waals surface area contributed by atoms with Crippen LogP contribution >= 0.6 is 0 Å². The minimum Gasteiger partial charge on any atom is -0.392 e. The molecule has 1 aliphatic rings. The third-order valence-corrected chi connectivity index (χ3v) is 3.89.